The molecule has 5 heteroatoms. The molecular formula is C22H23NO4. The van der Waals surface area contributed by atoms with Crippen LogP contribution in [0.2, 0.25) is 0 Å². The molecule has 0 aromatic heterocycles. The standard InChI is InChI=1S/C22H23NO4/c1-12-10-16-11-18-19-15(8-9-23(18)4)6-5-7-17(19)20(16)22(27-14(3)25)21(12)26-13(2)24/h5-7,10,18H,8-9,11H2,1-4H3/t18-/m1/s1. The van der Waals surface area contributed by atoms with Gasteiger partial charge in [-0.2, -0.15) is 0 Å². The molecule has 5 nitrogen and oxygen atoms in total. The zero-order chi connectivity index (χ0) is 19.3. The van der Waals surface area contributed by atoms with Gasteiger partial charge in [0.1, 0.15) is 0 Å². The molecule has 0 saturated carbocycles. The predicted octanol–water partition coefficient (Wildman–Crippen LogP) is 3.60. The molecule has 0 radical (unpaired) electrons. The molecule has 2 aromatic carbocycles. The summed E-state index contributed by atoms with van der Waals surface area (Å²) in [7, 11) is 2.16. The van der Waals surface area contributed by atoms with Crippen molar-refractivity contribution in [1.29, 1.82) is 0 Å². The molecule has 0 saturated heterocycles. The van der Waals surface area contributed by atoms with Gasteiger partial charge in [-0.05, 0) is 54.6 Å². The number of hydrogen-bond donors (Lipinski definition) is 0. The Balaban J connectivity index is 2.02. The fourth-order valence-corrected chi connectivity index (χ4v) is 4.39. The van der Waals surface area contributed by atoms with Gasteiger partial charge in [-0.3, -0.25) is 14.5 Å². The average Bonchev–Trinajstić information content (AvgIpc) is 2.60. The molecule has 0 fully saturated rings. The van der Waals surface area contributed by atoms with Crippen LogP contribution in [0.25, 0.3) is 11.1 Å². The summed E-state index contributed by atoms with van der Waals surface area (Å²) in [4.78, 5) is 25.9. The van der Waals surface area contributed by atoms with Crippen LogP contribution in [-0.4, -0.2) is 30.4 Å². The van der Waals surface area contributed by atoms with Crippen LogP contribution >= 0.6 is 0 Å². The zero-order valence-corrected chi connectivity index (χ0v) is 16.1. The monoisotopic (exact) mass is 365 g/mol. The van der Waals surface area contributed by atoms with Gasteiger partial charge >= 0.3 is 11.9 Å². The lowest BCUT2D eigenvalue weighted by molar-refractivity contribution is -0.134. The molecule has 0 bridgehead atoms. The molecule has 27 heavy (non-hydrogen) atoms. The van der Waals surface area contributed by atoms with Crippen molar-refractivity contribution in [3.05, 3.63) is 46.5 Å². The Morgan fingerprint density at radius 2 is 1.78 bits per heavy atom. The molecule has 2 aliphatic rings. The van der Waals surface area contributed by atoms with Gasteiger partial charge in [0.25, 0.3) is 0 Å². The maximum absolute atomic E-state index is 11.8. The number of ether oxygens (including phenoxy) is 2. The largest absolute Gasteiger partial charge is 0.422 e. The number of hydrogen-bond acceptors (Lipinski definition) is 5. The first-order valence-electron chi connectivity index (χ1n) is 9.22. The van der Waals surface area contributed by atoms with E-state index >= 15 is 0 Å². The van der Waals surface area contributed by atoms with E-state index in [1.54, 1.807) is 0 Å². The number of aryl methyl sites for hydroxylation is 1. The van der Waals surface area contributed by atoms with Gasteiger partial charge in [-0.1, -0.05) is 24.3 Å². The minimum absolute atomic E-state index is 0.307. The zero-order valence-electron chi connectivity index (χ0n) is 16.1. The molecule has 140 valence electrons. The Labute approximate surface area is 158 Å². The van der Waals surface area contributed by atoms with Crippen LogP contribution in [0.3, 0.4) is 0 Å². The van der Waals surface area contributed by atoms with Gasteiger partial charge in [0.15, 0.2) is 11.5 Å². The third-order valence-corrected chi connectivity index (χ3v) is 5.47. The first-order chi connectivity index (χ1) is 12.9. The molecule has 1 atom stereocenters. The smallest absolute Gasteiger partial charge is 0.308 e. The molecule has 1 aliphatic carbocycles. The predicted molar refractivity (Wildman–Crippen MR) is 102 cm³/mol. The lowest BCUT2D eigenvalue weighted by atomic mass is 9.76. The van der Waals surface area contributed by atoms with Gasteiger partial charge < -0.3 is 9.47 Å². The van der Waals surface area contributed by atoms with E-state index in [4.69, 9.17) is 9.47 Å². The minimum Gasteiger partial charge on any atom is -0.422 e. The lowest BCUT2D eigenvalue weighted by Gasteiger charge is -2.40. The average molecular weight is 365 g/mol. The van der Waals surface area contributed by atoms with Crippen molar-refractivity contribution < 1.29 is 19.1 Å². The summed E-state index contributed by atoms with van der Waals surface area (Å²) in [5.74, 6) is -0.181. The Morgan fingerprint density at radius 1 is 1.07 bits per heavy atom. The number of likely N-dealkylation sites (N-methyl/N-ethyl adjacent to an activating group) is 1. The molecule has 1 aliphatic heterocycles. The number of fused-ring (bicyclic) bond motifs is 2. The Kier molecular flexibility index (Phi) is 4.27. The van der Waals surface area contributed by atoms with Crippen molar-refractivity contribution in [3.8, 4) is 22.6 Å². The van der Waals surface area contributed by atoms with Crippen LogP contribution < -0.4 is 9.47 Å². The van der Waals surface area contributed by atoms with Crippen molar-refractivity contribution in [2.75, 3.05) is 13.6 Å². The fraction of sp³-hybridized carbons (Fsp3) is 0.364. The molecule has 2 aromatic rings. The highest BCUT2D eigenvalue weighted by Gasteiger charge is 2.35. The van der Waals surface area contributed by atoms with Crippen LogP contribution in [0.4, 0.5) is 0 Å². The lowest BCUT2D eigenvalue weighted by Crippen LogP contribution is -2.35. The molecule has 0 amide bonds. The van der Waals surface area contributed by atoms with Crippen LogP contribution in [0.1, 0.15) is 42.1 Å². The molecule has 1 heterocycles. The van der Waals surface area contributed by atoms with E-state index in [-0.39, 0.29) is 0 Å². The van der Waals surface area contributed by atoms with Gasteiger partial charge in [0.05, 0.1) is 0 Å². The Morgan fingerprint density at radius 3 is 2.48 bits per heavy atom. The molecule has 4 rings (SSSR count). The van der Waals surface area contributed by atoms with Gasteiger partial charge in [0.2, 0.25) is 0 Å². The van der Waals surface area contributed by atoms with Crippen molar-refractivity contribution in [2.24, 2.45) is 0 Å². The maximum Gasteiger partial charge on any atom is 0.308 e. The summed E-state index contributed by atoms with van der Waals surface area (Å²) in [5, 5.41) is 0. The van der Waals surface area contributed by atoms with E-state index in [1.807, 2.05) is 6.92 Å². The number of benzene rings is 2. The second kappa shape index (κ2) is 6.50. The van der Waals surface area contributed by atoms with E-state index in [0.29, 0.717) is 17.5 Å². The van der Waals surface area contributed by atoms with Crippen molar-refractivity contribution in [1.82, 2.24) is 4.90 Å². The van der Waals surface area contributed by atoms with Crippen LogP contribution in [0.5, 0.6) is 11.5 Å². The van der Waals surface area contributed by atoms with Gasteiger partial charge in [-0.25, -0.2) is 0 Å². The van der Waals surface area contributed by atoms with Crippen molar-refractivity contribution in [3.63, 3.8) is 0 Å². The SMILES string of the molecule is CC(=O)Oc1c(C)cc2c(c1OC(C)=O)-c1cccc3c1[C@@H](C2)N(C)CC3. The summed E-state index contributed by atoms with van der Waals surface area (Å²) in [6, 6.07) is 8.66. The number of esters is 2. The maximum atomic E-state index is 11.8. The molecule has 0 spiro atoms. The van der Waals surface area contributed by atoms with Gasteiger partial charge in [0, 0.05) is 32.0 Å². The summed E-state index contributed by atoms with van der Waals surface area (Å²) in [6.45, 7) is 5.62. The van der Waals surface area contributed by atoms with E-state index in [2.05, 4.69) is 36.2 Å². The number of carbonyl (C=O) groups is 2. The highest BCUT2D eigenvalue weighted by molar-refractivity contribution is 5.87. The van der Waals surface area contributed by atoms with Crippen molar-refractivity contribution in [2.45, 2.75) is 39.7 Å². The Bertz CT molecular complexity index is 963. The highest BCUT2D eigenvalue weighted by Crippen LogP contribution is 2.51. The number of nitrogens with zero attached hydrogens (tertiary/aromatic N) is 1. The van der Waals surface area contributed by atoms with Crippen LogP contribution in [0.15, 0.2) is 24.3 Å². The van der Waals surface area contributed by atoms with E-state index < -0.39 is 11.9 Å². The molecule has 0 unspecified atom stereocenters. The third kappa shape index (κ3) is 2.92. The molecular weight excluding hydrogens is 342 g/mol. The van der Waals surface area contributed by atoms with E-state index in [1.165, 1.54) is 25.0 Å². The second-order valence-electron chi connectivity index (χ2n) is 7.40. The quantitative estimate of drug-likeness (QED) is 0.601. The first kappa shape index (κ1) is 17.7. The number of carbonyl (C=O) groups excluding carboxylic acids is 2. The first-order valence-corrected chi connectivity index (χ1v) is 9.22. The van der Waals surface area contributed by atoms with E-state index in [0.717, 1.165) is 41.6 Å². The van der Waals surface area contributed by atoms with Gasteiger partial charge in [-0.15, -0.1) is 0 Å². The molecule has 0 N–H and O–H groups in total. The summed E-state index contributed by atoms with van der Waals surface area (Å²) in [6.07, 6.45) is 1.84. The minimum atomic E-state index is -0.435. The number of rotatable bonds is 2. The topological polar surface area (TPSA) is 55.8 Å². The normalized spacial score (nSPS) is 17.7. The van der Waals surface area contributed by atoms with Crippen LogP contribution in [-0.2, 0) is 22.4 Å². The second-order valence-corrected chi connectivity index (χ2v) is 7.40. The summed E-state index contributed by atoms with van der Waals surface area (Å²) in [5.41, 5.74) is 6.47. The van der Waals surface area contributed by atoms with Crippen molar-refractivity contribution >= 4 is 11.9 Å². The summed E-state index contributed by atoms with van der Waals surface area (Å²) < 4.78 is 11.1. The van der Waals surface area contributed by atoms with E-state index in [9.17, 15) is 9.59 Å². The van der Waals surface area contributed by atoms with Crippen LogP contribution in [0, 0.1) is 6.92 Å². The summed E-state index contributed by atoms with van der Waals surface area (Å²) >= 11 is 0. The highest BCUT2D eigenvalue weighted by atomic mass is 16.6. The fourth-order valence-electron chi connectivity index (χ4n) is 4.39. The Hall–Kier alpha value is -2.66. The third-order valence-electron chi connectivity index (χ3n) is 5.47.